The van der Waals surface area contributed by atoms with Crippen molar-refractivity contribution in [1.82, 2.24) is 10.2 Å². The highest BCUT2D eigenvalue weighted by atomic mass is 79.9. The Morgan fingerprint density at radius 1 is 1.35 bits per heavy atom. The Morgan fingerprint density at radius 3 is 2.62 bits per heavy atom. The van der Waals surface area contributed by atoms with Crippen molar-refractivity contribution in [2.45, 2.75) is 45.0 Å². The molecule has 144 valence electrons. The number of hydrogen-bond donors (Lipinski definition) is 1. The molecule has 2 unspecified atom stereocenters. The van der Waals surface area contributed by atoms with Crippen molar-refractivity contribution >= 4 is 27.9 Å². The van der Waals surface area contributed by atoms with E-state index in [1.165, 1.54) is 12.0 Å². The van der Waals surface area contributed by atoms with Crippen LogP contribution in [-0.2, 0) is 4.74 Å². The van der Waals surface area contributed by atoms with Gasteiger partial charge in [0.2, 0.25) is 0 Å². The van der Waals surface area contributed by atoms with Crippen LogP contribution >= 0.6 is 15.9 Å². The molecule has 0 aliphatic carbocycles. The molecule has 2 amide bonds. The summed E-state index contributed by atoms with van der Waals surface area (Å²) in [5.41, 5.74) is -0.249. The zero-order valence-electron chi connectivity index (χ0n) is 15.3. The van der Waals surface area contributed by atoms with Crippen LogP contribution in [0.2, 0.25) is 0 Å². The van der Waals surface area contributed by atoms with Crippen LogP contribution in [0.5, 0.6) is 5.75 Å². The first-order chi connectivity index (χ1) is 12.1. The largest absolute Gasteiger partial charge is 0.496 e. The van der Waals surface area contributed by atoms with E-state index >= 15 is 0 Å². The molecular formula is C18H24BrFN2O4. The topological polar surface area (TPSA) is 67.9 Å². The van der Waals surface area contributed by atoms with Gasteiger partial charge in [0.15, 0.2) is 0 Å². The van der Waals surface area contributed by atoms with Gasteiger partial charge in [0.25, 0.3) is 5.91 Å². The van der Waals surface area contributed by atoms with Crippen LogP contribution in [0.25, 0.3) is 0 Å². The number of likely N-dealkylation sites (tertiary alicyclic amines) is 1. The summed E-state index contributed by atoms with van der Waals surface area (Å²) in [6, 6.07) is 4.26. The highest BCUT2D eigenvalue weighted by Crippen LogP contribution is 2.26. The zero-order valence-corrected chi connectivity index (χ0v) is 16.9. The van der Waals surface area contributed by atoms with Gasteiger partial charge in [-0.3, -0.25) is 4.79 Å². The molecule has 26 heavy (non-hydrogen) atoms. The van der Waals surface area contributed by atoms with Crippen LogP contribution in [0.15, 0.2) is 22.7 Å². The molecule has 1 fully saturated rings. The third-order valence-corrected chi connectivity index (χ3v) is 4.58. The summed E-state index contributed by atoms with van der Waals surface area (Å²) >= 11 is 3.32. The molecule has 2 atom stereocenters. The highest BCUT2D eigenvalue weighted by Gasteiger charge is 2.34. The lowest BCUT2D eigenvalue weighted by Crippen LogP contribution is -2.54. The quantitative estimate of drug-likeness (QED) is 0.795. The van der Waals surface area contributed by atoms with E-state index < -0.39 is 23.9 Å². The van der Waals surface area contributed by atoms with Gasteiger partial charge in [0, 0.05) is 12.1 Å². The second-order valence-electron chi connectivity index (χ2n) is 7.16. The molecule has 1 saturated heterocycles. The van der Waals surface area contributed by atoms with Crippen molar-refractivity contribution in [3.63, 3.8) is 0 Å². The number of rotatable bonds is 3. The predicted molar refractivity (Wildman–Crippen MR) is 99.3 cm³/mol. The van der Waals surface area contributed by atoms with Crippen molar-refractivity contribution in [1.29, 1.82) is 0 Å². The van der Waals surface area contributed by atoms with Gasteiger partial charge in [-0.15, -0.1) is 0 Å². The second-order valence-corrected chi connectivity index (χ2v) is 8.01. The fourth-order valence-corrected chi connectivity index (χ4v) is 3.02. The maximum atomic E-state index is 14.5. The molecule has 0 saturated carbocycles. The van der Waals surface area contributed by atoms with E-state index in [1.54, 1.807) is 39.0 Å². The number of alkyl halides is 1. The van der Waals surface area contributed by atoms with Crippen LogP contribution in [0.4, 0.5) is 9.18 Å². The van der Waals surface area contributed by atoms with Gasteiger partial charge in [-0.2, -0.15) is 0 Å². The van der Waals surface area contributed by atoms with Crippen LogP contribution < -0.4 is 10.1 Å². The van der Waals surface area contributed by atoms with Crippen LogP contribution in [0.1, 0.15) is 37.6 Å². The minimum Gasteiger partial charge on any atom is -0.496 e. The van der Waals surface area contributed by atoms with Gasteiger partial charge in [0.05, 0.1) is 24.2 Å². The molecule has 0 radical (unpaired) electrons. The third kappa shape index (κ3) is 5.33. The Balaban J connectivity index is 1.95. The summed E-state index contributed by atoms with van der Waals surface area (Å²) in [6.07, 6.45) is -1.58. The molecule has 2 rings (SSSR count). The van der Waals surface area contributed by atoms with E-state index in [0.717, 1.165) is 4.47 Å². The number of carbonyl (C=O) groups excluding carboxylic acids is 2. The molecule has 8 heteroatoms. The summed E-state index contributed by atoms with van der Waals surface area (Å²) in [5.74, 6) is 0.142. The Morgan fingerprint density at radius 2 is 2.04 bits per heavy atom. The van der Waals surface area contributed by atoms with Crippen molar-refractivity contribution in [2.24, 2.45) is 0 Å². The van der Waals surface area contributed by atoms with Crippen LogP contribution in [0, 0.1) is 0 Å². The molecule has 1 aromatic rings. The van der Waals surface area contributed by atoms with Gasteiger partial charge >= 0.3 is 6.09 Å². The van der Waals surface area contributed by atoms with Crippen LogP contribution in [0.3, 0.4) is 0 Å². The average Bonchev–Trinajstić information content (AvgIpc) is 2.55. The summed E-state index contributed by atoms with van der Waals surface area (Å²) in [7, 11) is 1.51. The SMILES string of the molecule is COc1cc(C(=O)NC2CCN(C(=O)OC(C)(C)C)CC2F)ccc1Br. The summed E-state index contributed by atoms with van der Waals surface area (Å²) in [6.45, 7) is 5.50. The van der Waals surface area contributed by atoms with Gasteiger partial charge in [-0.25, -0.2) is 9.18 Å². The Kier molecular flexibility index (Phi) is 6.49. The van der Waals surface area contributed by atoms with E-state index in [4.69, 9.17) is 9.47 Å². The molecular weight excluding hydrogens is 407 g/mol. The fraction of sp³-hybridized carbons (Fsp3) is 0.556. The standard InChI is InChI=1S/C18H24BrFN2O4/c1-18(2,3)26-17(24)22-8-7-14(13(20)10-22)21-16(23)11-5-6-12(19)15(9-11)25-4/h5-6,9,13-14H,7-8,10H2,1-4H3,(H,21,23). The highest BCUT2D eigenvalue weighted by molar-refractivity contribution is 9.10. The molecule has 6 nitrogen and oxygen atoms in total. The van der Waals surface area contributed by atoms with Crippen molar-refractivity contribution in [3.8, 4) is 5.75 Å². The molecule has 1 aromatic carbocycles. The van der Waals surface area contributed by atoms with E-state index in [9.17, 15) is 14.0 Å². The van der Waals surface area contributed by atoms with Crippen molar-refractivity contribution in [2.75, 3.05) is 20.2 Å². The summed E-state index contributed by atoms with van der Waals surface area (Å²) in [5, 5.41) is 2.70. The normalized spacial score (nSPS) is 20.5. The fourth-order valence-electron chi connectivity index (χ4n) is 2.61. The third-order valence-electron chi connectivity index (χ3n) is 3.92. The van der Waals surface area contributed by atoms with Gasteiger partial charge < -0.3 is 19.7 Å². The maximum absolute atomic E-state index is 14.5. The number of carbonyl (C=O) groups is 2. The molecule has 1 aliphatic rings. The minimum absolute atomic E-state index is 0.108. The van der Waals surface area contributed by atoms with E-state index in [2.05, 4.69) is 21.2 Å². The van der Waals surface area contributed by atoms with Crippen LogP contribution in [-0.4, -0.2) is 54.9 Å². The number of halogens is 2. The van der Waals surface area contributed by atoms with Crippen molar-refractivity contribution in [3.05, 3.63) is 28.2 Å². The van der Waals surface area contributed by atoms with Gasteiger partial charge in [-0.1, -0.05) is 0 Å². The van der Waals surface area contributed by atoms with E-state index in [0.29, 0.717) is 24.3 Å². The second kappa shape index (κ2) is 8.24. The first-order valence-corrected chi connectivity index (χ1v) is 9.16. The number of amides is 2. The first kappa shape index (κ1) is 20.5. The van der Waals surface area contributed by atoms with E-state index in [1.807, 2.05) is 0 Å². The molecule has 1 aliphatic heterocycles. The molecule has 1 N–H and O–H groups in total. The Bertz CT molecular complexity index is 678. The number of piperidine rings is 1. The zero-order chi connectivity index (χ0) is 19.5. The average molecular weight is 431 g/mol. The number of benzene rings is 1. The number of nitrogens with one attached hydrogen (secondary N) is 1. The monoisotopic (exact) mass is 430 g/mol. The summed E-state index contributed by atoms with van der Waals surface area (Å²) < 4.78 is 25.6. The molecule has 0 bridgehead atoms. The van der Waals surface area contributed by atoms with E-state index in [-0.39, 0.29) is 12.5 Å². The molecule has 1 heterocycles. The summed E-state index contributed by atoms with van der Waals surface area (Å²) in [4.78, 5) is 25.8. The lowest BCUT2D eigenvalue weighted by atomic mass is 10.0. The van der Waals surface area contributed by atoms with Crippen molar-refractivity contribution < 1.29 is 23.5 Å². The molecule has 0 aromatic heterocycles. The minimum atomic E-state index is -1.36. The Hall–Kier alpha value is -1.83. The lowest BCUT2D eigenvalue weighted by molar-refractivity contribution is 0.00972. The van der Waals surface area contributed by atoms with Gasteiger partial charge in [-0.05, 0) is 61.3 Å². The Labute approximate surface area is 161 Å². The number of methoxy groups -OCH3 is 1. The smallest absolute Gasteiger partial charge is 0.410 e. The number of nitrogens with zero attached hydrogens (tertiary/aromatic N) is 1. The maximum Gasteiger partial charge on any atom is 0.410 e. The number of ether oxygens (including phenoxy) is 2. The lowest BCUT2D eigenvalue weighted by Gasteiger charge is -2.35. The molecule has 0 spiro atoms. The first-order valence-electron chi connectivity index (χ1n) is 8.37. The van der Waals surface area contributed by atoms with Gasteiger partial charge in [0.1, 0.15) is 17.5 Å². The predicted octanol–water partition coefficient (Wildman–Crippen LogP) is 3.54. The number of hydrogen-bond acceptors (Lipinski definition) is 4.